The van der Waals surface area contributed by atoms with E-state index in [1.54, 1.807) is 24.3 Å². The average molecular weight is 402 g/mol. The van der Waals surface area contributed by atoms with Crippen LogP contribution in [0.15, 0.2) is 36.4 Å². The van der Waals surface area contributed by atoms with Gasteiger partial charge in [0.2, 0.25) is 18.0 Å². The highest BCUT2D eigenvalue weighted by atomic mass is 16.6. The van der Waals surface area contributed by atoms with Crippen LogP contribution in [-0.2, 0) is 9.59 Å². The molecule has 3 atom stereocenters. The van der Waals surface area contributed by atoms with E-state index in [2.05, 4.69) is 10.6 Å². The summed E-state index contributed by atoms with van der Waals surface area (Å²) in [4.78, 5) is 22.7. The number of hydrogen-bond donors (Lipinski definition) is 5. The Morgan fingerprint density at radius 1 is 1.00 bits per heavy atom. The van der Waals surface area contributed by atoms with Crippen LogP contribution in [0, 0.1) is 0 Å². The lowest BCUT2D eigenvalue weighted by atomic mass is 10.0. The van der Waals surface area contributed by atoms with Crippen molar-refractivity contribution in [1.82, 2.24) is 10.6 Å². The van der Waals surface area contributed by atoms with Gasteiger partial charge in [-0.15, -0.1) is 0 Å². The number of phenolic OH excluding ortho intramolecular Hbond substituents is 2. The van der Waals surface area contributed by atoms with Crippen LogP contribution in [-0.4, -0.2) is 39.9 Å². The molecule has 0 aromatic heterocycles. The molecule has 0 aliphatic carbocycles. The van der Waals surface area contributed by atoms with Gasteiger partial charge < -0.3 is 35.4 Å². The van der Waals surface area contributed by atoms with Crippen LogP contribution in [0.5, 0.6) is 23.0 Å². The van der Waals surface area contributed by atoms with Crippen LogP contribution >= 0.6 is 0 Å². The van der Waals surface area contributed by atoms with E-state index in [0.29, 0.717) is 22.6 Å². The fourth-order valence-electron chi connectivity index (χ4n) is 2.94. The molecule has 154 valence electrons. The molecule has 0 saturated heterocycles. The Labute approximate surface area is 166 Å². The Kier molecular flexibility index (Phi) is 5.79. The van der Waals surface area contributed by atoms with E-state index in [1.807, 2.05) is 0 Å². The van der Waals surface area contributed by atoms with Crippen molar-refractivity contribution in [1.29, 1.82) is 0 Å². The second-order valence-corrected chi connectivity index (χ2v) is 6.68. The van der Waals surface area contributed by atoms with Gasteiger partial charge in [-0.25, -0.2) is 0 Å². The zero-order chi connectivity index (χ0) is 21.1. The van der Waals surface area contributed by atoms with Gasteiger partial charge in [-0.3, -0.25) is 9.59 Å². The first-order chi connectivity index (χ1) is 13.7. The summed E-state index contributed by atoms with van der Waals surface area (Å²) in [5, 5.41) is 34.7. The summed E-state index contributed by atoms with van der Waals surface area (Å²) in [6.07, 6.45) is -2.64. The summed E-state index contributed by atoms with van der Waals surface area (Å²) in [5.41, 5.74) is 0.989. The minimum absolute atomic E-state index is 0.0412. The van der Waals surface area contributed by atoms with Crippen molar-refractivity contribution in [2.24, 2.45) is 0 Å². The molecule has 3 rings (SSSR count). The fraction of sp³-hybridized carbons (Fsp3) is 0.300. The minimum Gasteiger partial charge on any atom is -0.504 e. The van der Waals surface area contributed by atoms with Gasteiger partial charge in [0.15, 0.2) is 29.1 Å². The highest BCUT2D eigenvalue weighted by Crippen LogP contribution is 2.41. The lowest BCUT2D eigenvalue weighted by Crippen LogP contribution is -2.46. The van der Waals surface area contributed by atoms with Crippen LogP contribution in [0.25, 0.3) is 0 Å². The molecule has 0 fully saturated rings. The van der Waals surface area contributed by atoms with Gasteiger partial charge in [0.05, 0.1) is 6.10 Å². The first kappa shape index (κ1) is 20.3. The van der Waals surface area contributed by atoms with Crippen molar-refractivity contribution in [2.45, 2.75) is 32.3 Å². The van der Waals surface area contributed by atoms with E-state index in [1.165, 1.54) is 26.0 Å². The monoisotopic (exact) mass is 402 g/mol. The average Bonchev–Trinajstić information content (AvgIpc) is 2.66. The summed E-state index contributed by atoms with van der Waals surface area (Å²) in [5.74, 6) is -0.527. The number of benzene rings is 2. The number of carbonyl (C=O) groups is 2. The maximum atomic E-state index is 11.6. The summed E-state index contributed by atoms with van der Waals surface area (Å²) in [6, 6.07) is 9.01. The number of ether oxygens (including phenoxy) is 2. The van der Waals surface area contributed by atoms with Gasteiger partial charge in [-0.2, -0.15) is 0 Å². The number of rotatable bonds is 5. The SMILES string of the molecule is CC(=O)NCC(O)c1ccc2c(c1)O[C@H](NC(C)=O)[C@@H](c1ccc(O)c(O)c1)O2. The summed E-state index contributed by atoms with van der Waals surface area (Å²) < 4.78 is 11.9. The molecule has 2 aromatic carbocycles. The predicted molar refractivity (Wildman–Crippen MR) is 101 cm³/mol. The molecule has 0 radical (unpaired) electrons. The van der Waals surface area contributed by atoms with Gasteiger partial charge in [0.25, 0.3) is 0 Å². The molecule has 29 heavy (non-hydrogen) atoms. The molecule has 0 bridgehead atoms. The molecule has 0 spiro atoms. The lowest BCUT2D eigenvalue weighted by Gasteiger charge is -2.34. The Morgan fingerprint density at radius 3 is 2.41 bits per heavy atom. The second-order valence-electron chi connectivity index (χ2n) is 6.68. The number of phenols is 2. The number of aromatic hydroxyl groups is 2. The highest BCUT2D eigenvalue weighted by Gasteiger charge is 2.34. The Hall–Kier alpha value is -3.46. The van der Waals surface area contributed by atoms with Crippen molar-refractivity contribution in [3.8, 4) is 23.0 Å². The molecule has 9 nitrogen and oxygen atoms in total. The van der Waals surface area contributed by atoms with Crippen molar-refractivity contribution >= 4 is 11.8 Å². The number of nitrogens with one attached hydrogen (secondary N) is 2. The number of carbonyl (C=O) groups excluding carboxylic acids is 2. The summed E-state index contributed by atoms with van der Waals surface area (Å²) in [6.45, 7) is 2.73. The largest absolute Gasteiger partial charge is 0.504 e. The van der Waals surface area contributed by atoms with Gasteiger partial charge in [-0.05, 0) is 29.8 Å². The first-order valence-corrected chi connectivity index (χ1v) is 8.93. The van der Waals surface area contributed by atoms with E-state index >= 15 is 0 Å². The first-order valence-electron chi connectivity index (χ1n) is 8.93. The van der Waals surface area contributed by atoms with Crippen molar-refractivity contribution in [2.75, 3.05) is 6.54 Å². The van der Waals surface area contributed by atoms with Crippen LogP contribution in [0.1, 0.15) is 37.2 Å². The Morgan fingerprint density at radius 2 is 1.76 bits per heavy atom. The van der Waals surface area contributed by atoms with E-state index in [4.69, 9.17) is 9.47 Å². The molecular weight excluding hydrogens is 380 g/mol. The predicted octanol–water partition coefficient (Wildman–Crippen LogP) is 1.24. The normalized spacial score (nSPS) is 18.6. The van der Waals surface area contributed by atoms with Crippen LogP contribution in [0.2, 0.25) is 0 Å². The minimum atomic E-state index is -0.946. The Bertz CT molecular complexity index is 931. The molecule has 1 aliphatic heterocycles. The quantitative estimate of drug-likeness (QED) is 0.475. The molecule has 1 unspecified atom stereocenters. The highest BCUT2D eigenvalue weighted by molar-refractivity contribution is 5.73. The number of amides is 2. The van der Waals surface area contributed by atoms with Crippen LogP contribution in [0.4, 0.5) is 0 Å². The van der Waals surface area contributed by atoms with Crippen LogP contribution < -0.4 is 20.1 Å². The third-order valence-corrected chi connectivity index (χ3v) is 4.35. The topological polar surface area (TPSA) is 137 Å². The van der Waals surface area contributed by atoms with E-state index in [0.717, 1.165) is 0 Å². The lowest BCUT2D eigenvalue weighted by molar-refractivity contribution is -0.124. The smallest absolute Gasteiger partial charge is 0.219 e. The fourth-order valence-corrected chi connectivity index (χ4v) is 2.94. The molecule has 2 aromatic rings. The maximum absolute atomic E-state index is 11.6. The number of aliphatic hydroxyl groups is 1. The third kappa shape index (κ3) is 4.69. The standard InChI is InChI=1S/C20H22N2O7/c1-10(23)21-9-16(27)12-4-6-17-18(8-12)29-20(22-11(2)24)19(28-17)13-3-5-14(25)15(26)7-13/h3-8,16,19-20,25-27H,9H2,1-2H3,(H,21,23)(H,22,24)/t16?,19-,20+/m1/s1. The van der Waals surface area contributed by atoms with E-state index in [9.17, 15) is 24.9 Å². The van der Waals surface area contributed by atoms with Gasteiger partial charge >= 0.3 is 0 Å². The third-order valence-electron chi connectivity index (χ3n) is 4.35. The molecular formula is C20H22N2O7. The molecule has 5 N–H and O–H groups in total. The molecule has 0 saturated carbocycles. The van der Waals surface area contributed by atoms with Crippen LogP contribution in [0.3, 0.4) is 0 Å². The number of hydrogen-bond acceptors (Lipinski definition) is 7. The van der Waals surface area contributed by atoms with Gasteiger partial charge in [0, 0.05) is 26.0 Å². The molecule has 1 heterocycles. The van der Waals surface area contributed by atoms with Crippen molar-refractivity contribution in [3.05, 3.63) is 47.5 Å². The van der Waals surface area contributed by atoms with Gasteiger partial charge in [-0.1, -0.05) is 12.1 Å². The second kappa shape index (κ2) is 8.27. The molecule has 9 heteroatoms. The van der Waals surface area contributed by atoms with Crippen molar-refractivity contribution in [3.63, 3.8) is 0 Å². The Balaban J connectivity index is 1.89. The zero-order valence-electron chi connectivity index (χ0n) is 15.9. The number of aliphatic hydroxyl groups excluding tert-OH is 1. The number of fused-ring (bicyclic) bond motifs is 1. The summed E-state index contributed by atoms with van der Waals surface area (Å²) in [7, 11) is 0. The van der Waals surface area contributed by atoms with Crippen molar-refractivity contribution < 1.29 is 34.4 Å². The molecule has 2 amide bonds. The summed E-state index contributed by atoms with van der Waals surface area (Å²) >= 11 is 0. The van der Waals surface area contributed by atoms with E-state index in [-0.39, 0.29) is 29.9 Å². The zero-order valence-corrected chi connectivity index (χ0v) is 15.9. The van der Waals surface area contributed by atoms with E-state index < -0.39 is 18.4 Å². The molecule has 1 aliphatic rings. The maximum Gasteiger partial charge on any atom is 0.219 e. The van der Waals surface area contributed by atoms with Gasteiger partial charge in [0.1, 0.15) is 0 Å².